The number of non-ortho nitro benzene ring substituents is 1. The summed E-state index contributed by atoms with van der Waals surface area (Å²) < 4.78 is 6.18. The molecule has 0 aromatic heterocycles. The largest absolute Gasteiger partial charge is 0.495 e. The molecule has 2 aromatic carbocycles. The fourth-order valence-corrected chi connectivity index (χ4v) is 2.40. The van der Waals surface area contributed by atoms with Crippen molar-refractivity contribution in [3.05, 3.63) is 61.6 Å². The maximum Gasteiger partial charge on any atom is 0.270 e. The number of nitrogens with one attached hydrogen (secondary N) is 1. The van der Waals surface area contributed by atoms with Gasteiger partial charge in [0.25, 0.3) is 5.69 Å². The summed E-state index contributed by atoms with van der Waals surface area (Å²) in [7, 11) is 1.59. The van der Waals surface area contributed by atoms with Crippen LogP contribution in [0.2, 0.25) is 5.02 Å². The number of methoxy groups -OCH3 is 1. The topological polar surface area (TPSA) is 64.4 Å². The van der Waals surface area contributed by atoms with Gasteiger partial charge in [-0.3, -0.25) is 10.1 Å². The molecule has 0 spiro atoms. The number of halogens is 2. The quantitative estimate of drug-likeness (QED) is 0.614. The average molecular weight is 372 g/mol. The minimum atomic E-state index is -0.472. The summed E-state index contributed by atoms with van der Waals surface area (Å²) in [6.45, 7) is 0.434. The number of benzene rings is 2. The van der Waals surface area contributed by atoms with Gasteiger partial charge in [0.1, 0.15) is 5.75 Å². The molecule has 0 fully saturated rings. The van der Waals surface area contributed by atoms with Crippen LogP contribution in [0, 0.1) is 10.1 Å². The number of anilines is 1. The maximum absolute atomic E-state index is 10.7. The van der Waals surface area contributed by atoms with Crippen molar-refractivity contribution < 1.29 is 9.66 Å². The molecule has 0 bridgehead atoms. The number of ether oxygens (including phenoxy) is 1. The Labute approximate surface area is 135 Å². The highest BCUT2D eigenvalue weighted by Gasteiger charge is 2.10. The minimum absolute atomic E-state index is 0.0243. The van der Waals surface area contributed by atoms with Gasteiger partial charge in [-0.15, -0.1) is 0 Å². The molecular weight excluding hydrogens is 360 g/mol. The second-order valence-electron chi connectivity index (χ2n) is 4.23. The van der Waals surface area contributed by atoms with Crippen LogP contribution in [0.5, 0.6) is 5.75 Å². The Bertz CT molecular complexity index is 679. The SMILES string of the molecule is COc1ccc(Br)cc1NCc1ccc([N+](=O)[O-])cc1Cl. The zero-order valence-corrected chi connectivity index (χ0v) is 13.4. The number of rotatable bonds is 5. The second kappa shape index (κ2) is 6.78. The summed E-state index contributed by atoms with van der Waals surface area (Å²) >= 11 is 9.45. The summed E-state index contributed by atoms with van der Waals surface area (Å²) in [5, 5.41) is 14.2. The lowest BCUT2D eigenvalue weighted by Crippen LogP contribution is -2.02. The van der Waals surface area contributed by atoms with Crippen molar-refractivity contribution in [2.24, 2.45) is 0 Å². The Balaban J connectivity index is 2.17. The zero-order chi connectivity index (χ0) is 15.4. The Morgan fingerprint density at radius 2 is 2.10 bits per heavy atom. The van der Waals surface area contributed by atoms with Crippen LogP contribution in [-0.4, -0.2) is 12.0 Å². The normalized spacial score (nSPS) is 10.2. The van der Waals surface area contributed by atoms with Crippen molar-refractivity contribution in [2.75, 3.05) is 12.4 Å². The molecule has 0 unspecified atom stereocenters. The molecule has 21 heavy (non-hydrogen) atoms. The third kappa shape index (κ3) is 3.86. The van der Waals surface area contributed by atoms with Gasteiger partial charge < -0.3 is 10.1 Å². The van der Waals surface area contributed by atoms with Gasteiger partial charge in [-0.25, -0.2) is 0 Å². The van der Waals surface area contributed by atoms with Crippen molar-refractivity contribution in [2.45, 2.75) is 6.54 Å². The van der Waals surface area contributed by atoms with Crippen molar-refractivity contribution in [1.82, 2.24) is 0 Å². The molecule has 2 rings (SSSR count). The molecule has 0 saturated carbocycles. The van der Waals surface area contributed by atoms with Gasteiger partial charge in [0.15, 0.2) is 0 Å². The van der Waals surface area contributed by atoms with Gasteiger partial charge in [-0.05, 0) is 29.8 Å². The molecule has 0 atom stereocenters. The van der Waals surface area contributed by atoms with Crippen LogP contribution in [0.25, 0.3) is 0 Å². The summed E-state index contributed by atoms with van der Waals surface area (Å²) in [4.78, 5) is 10.2. The molecular formula is C14H12BrClN2O3. The number of nitrogens with zero attached hydrogens (tertiary/aromatic N) is 1. The Hall–Kier alpha value is -1.79. The van der Waals surface area contributed by atoms with E-state index in [1.807, 2.05) is 18.2 Å². The monoisotopic (exact) mass is 370 g/mol. The number of hydrogen-bond donors (Lipinski definition) is 1. The maximum atomic E-state index is 10.7. The average Bonchev–Trinajstić information content (AvgIpc) is 2.46. The zero-order valence-electron chi connectivity index (χ0n) is 11.1. The highest BCUT2D eigenvalue weighted by Crippen LogP contribution is 2.29. The van der Waals surface area contributed by atoms with Gasteiger partial charge in [0.05, 0.1) is 22.7 Å². The third-order valence-corrected chi connectivity index (χ3v) is 3.72. The van der Waals surface area contributed by atoms with E-state index in [0.29, 0.717) is 17.3 Å². The summed E-state index contributed by atoms with van der Waals surface area (Å²) in [6, 6.07) is 10.0. The van der Waals surface area contributed by atoms with Gasteiger partial charge in [0.2, 0.25) is 0 Å². The lowest BCUT2D eigenvalue weighted by atomic mass is 10.2. The Morgan fingerprint density at radius 1 is 1.33 bits per heavy atom. The van der Waals surface area contributed by atoms with E-state index in [1.54, 1.807) is 13.2 Å². The number of nitro benzene ring substituents is 1. The molecule has 5 nitrogen and oxygen atoms in total. The van der Waals surface area contributed by atoms with Gasteiger partial charge in [0, 0.05) is 23.2 Å². The van der Waals surface area contributed by atoms with Crippen LogP contribution in [-0.2, 0) is 6.54 Å². The highest BCUT2D eigenvalue weighted by atomic mass is 79.9. The summed E-state index contributed by atoms with van der Waals surface area (Å²) in [5.74, 6) is 0.705. The van der Waals surface area contributed by atoms with Crippen molar-refractivity contribution in [3.8, 4) is 5.75 Å². The molecule has 2 aromatic rings. The molecule has 1 N–H and O–H groups in total. The first kappa shape index (κ1) is 15.6. The van der Waals surface area contributed by atoms with Crippen molar-refractivity contribution >= 4 is 38.9 Å². The standard InChI is InChI=1S/C14H12BrClN2O3/c1-21-14-5-3-10(15)6-13(14)17-8-9-2-4-11(18(19)20)7-12(9)16/h2-7,17H,8H2,1H3. The Morgan fingerprint density at radius 3 is 2.71 bits per heavy atom. The molecule has 0 aliphatic heterocycles. The van der Waals surface area contributed by atoms with Crippen molar-refractivity contribution in [3.63, 3.8) is 0 Å². The predicted molar refractivity (Wildman–Crippen MR) is 86.1 cm³/mol. The minimum Gasteiger partial charge on any atom is -0.495 e. The van der Waals surface area contributed by atoms with Crippen molar-refractivity contribution in [1.29, 1.82) is 0 Å². The highest BCUT2D eigenvalue weighted by molar-refractivity contribution is 9.10. The fourth-order valence-electron chi connectivity index (χ4n) is 1.80. The van der Waals surface area contributed by atoms with E-state index in [0.717, 1.165) is 15.7 Å². The molecule has 0 saturated heterocycles. The first-order chi connectivity index (χ1) is 10.0. The first-order valence-corrected chi connectivity index (χ1v) is 7.18. The van der Waals surface area contributed by atoms with Crippen LogP contribution in [0.15, 0.2) is 40.9 Å². The molecule has 0 radical (unpaired) electrons. The predicted octanol–water partition coefficient (Wildman–Crippen LogP) is 4.63. The third-order valence-electron chi connectivity index (χ3n) is 2.88. The summed E-state index contributed by atoms with van der Waals surface area (Å²) in [6.07, 6.45) is 0. The van der Waals surface area contributed by atoms with E-state index in [2.05, 4.69) is 21.2 Å². The van der Waals surface area contributed by atoms with Gasteiger partial charge in [-0.1, -0.05) is 27.5 Å². The number of hydrogen-bond acceptors (Lipinski definition) is 4. The van der Waals surface area contributed by atoms with Crippen LogP contribution in [0.4, 0.5) is 11.4 Å². The molecule has 7 heteroatoms. The van der Waals surface area contributed by atoms with E-state index in [1.165, 1.54) is 12.1 Å². The van der Waals surface area contributed by atoms with E-state index >= 15 is 0 Å². The molecule has 0 heterocycles. The van der Waals surface area contributed by atoms with Gasteiger partial charge in [-0.2, -0.15) is 0 Å². The van der Waals surface area contributed by atoms with E-state index in [9.17, 15) is 10.1 Å². The molecule has 110 valence electrons. The number of nitro groups is 1. The molecule has 0 amide bonds. The Kier molecular flexibility index (Phi) is 5.03. The lowest BCUT2D eigenvalue weighted by molar-refractivity contribution is -0.384. The molecule has 0 aliphatic carbocycles. The smallest absolute Gasteiger partial charge is 0.270 e. The van der Waals surface area contributed by atoms with Crippen LogP contribution < -0.4 is 10.1 Å². The van der Waals surface area contributed by atoms with Crippen LogP contribution in [0.1, 0.15) is 5.56 Å². The van der Waals surface area contributed by atoms with Crippen LogP contribution >= 0.6 is 27.5 Å². The lowest BCUT2D eigenvalue weighted by Gasteiger charge is -2.12. The van der Waals surface area contributed by atoms with Crippen LogP contribution in [0.3, 0.4) is 0 Å². The van der Waals surface area contributed by atoms with E-state index in [4.69, 9.17) is 16.3 Å². The van der Waals surface area contributed by atoms with E-state index < -0.39 is 4.92 Å². The molecule has 0 aliphatic rings. The fraction of sp³-hybridized carbons (Fsp3) is 0.143. The van der Waals surface area contributed by atoms with E-state index in [-0.39, 0.29) is 5.69 Å². The second-order valence-corrected chi connectivity index (χ2v) is 5.55. The van der Waals surface area contributed by atoms with Gasteiger partial charge >= 0.3 is 0 Å². The first-order valence-electron chi connectivity index (χ1n) is 6.01. The summed E-state index contributed by atoms with van der Waals surface area (Å²) in [5.41, 5.74) is 1.55.